The minimum atomic E-state index is -0.323. The maximum Gasteiger partial charge on any atom is 0.231 e. The second kappa shape index (κ2) is 7.19. The van der Waals surface area contributed by atoms with Crippen molar-refractivity contribution in [1.29, 1.82) is 0 Å². The molecule has 1 aliphatic heterocycles. The molecule has 26 heavy (non-hydrogen) atoms. The summed E-state index contributed by atoms with van der Waals surface area (Å²) in [7, 11) is 0. The number of aryl methyl sites for hydroxylation is 1. The van der Waals surface area contributed by atoms with Crippen LogP contribution in [0.1, 0.15) is 39.0 Å². The smallest absolute Gasteiger partial charge is 0.231 e. The van der Waals surface area contributed by atoms with Gasteiger partial charge < -0.3 is 10.2 Å². The molecule has 1 aromatic heterocycles. The van der Waals surface area contributed by atoms with Crippen molar-refractivity contribution < 1.29 is 9.59 Å². The number of nitrogens with zero attached hydrogens (tertiary/aromatic N) is 2. The molecule has 2 aromatic rings. The van der Waals surface area contributed by atoms with Crippen molar-refractivity contribution in [3.8, 4) is 11.3 Å². The van der Waals surface area contributed by atoms with Gasteiger partial charge in [-0.2, -0.15) is 0 Å². The summed E-state index contributed by atoms with van der Waals surface area (Å²) in [6.45, 7) is 8.52. The number of benzene rings is 1. The zero-order valence-corrected chi connectivity index (χ0v) is 16.5. The first-order valence-corrected chi connectivity index (χ1v) is 9.77. The van der Waals surface area contributed by atoms with E-state index in [-0.39, 0.29) is 29.7 Å². The van der Waals surface area contributed by atoms with Crippen molar-refractivity contribution in [2.45, 2.75) is 46.1 Å². The molecule has 1 fully saturated rings. The van der Waals surface area contributed by atoms with E-state index in [4.69, 9.17) is 0 Å². The van der Waals surface area contributed by atoms with E-state index in [9.17, 15) is 9.59 Å². The van der Waals surface area contributed by atoms with Gasteiger partial charge in [0, 0.05) is 28.9 Å². The number of thiazole rings is 1. The molecule has 0 unspecified atom stereocenters. The zero-order chi connectivity index (χ0) is 18.9. The van der Waals surface area contributed by atoms with Crippen LogP contribution < -0.4 is 5.32 Å². The maximum atomic E-state index is 12.7. The lowest BCUT2D eigenvalue weighted by Crippen LogP contribution is -2.42. The molecule has 5 nitrogen and oxygen atoms in total. The van der Waals surface area contributed by atoms with Gasteiger partial charge in [0.2, 0.25) is 11.8 Å². The number of rotatable bonds is 4. The Kier molecular flexibility index (Phi) is 5.14. The van der Waals surface area contributed by atoms with Crippen molar-refractivity contribution in [3.63, 3.8) is 0 Å². The lowest BCUT2D eigenvalue weighted by Gasteiger charge is -2.31. The number of nitrogens with one attached hydrogen (secondary N) is 1. The molecule has 2 amide bonds. The highest BCUT2D eigenvalue weighted by atomic mass is 32.1. The molecule has 0 spiro atoms. The first-order valence-electron chi connectivity index (χ1n) is 8.96. The Balaban J connectivity index is 1.75. The predicted octanol–water partition coefficient (Wildman–Crippen LogP) is 3.96. The van der Waals surface area contributed by atoms with E-state index in [1.807, 2.05) is 51.1 Å². The Morgan fingerprint density at radius 2 is 2.00 bits per heavy atom. The van der Waals surface area contributed by atoms with E-state index in [1.165, 1.54) is 11.3 Å². The Morgan fingerprint density at radius 1 is 1.31 bits per heavy atom. The molecule has 0 radical (unpaired) electrons. The normalized spacial score (nSPS) is 17.6. The van der Waals surface area contributed by atoms with Gasteiger partial charge >= 0.3 is 0 Å². The Morgan fingerprint density at radius 3 is 2.58 bits per heavy atom. The van der Waals surface area contributed by atoms with Crippen LogP contribution in [0.3, 0.4) is 0 Å². The van der Waals surface area contributed by atoms with E-state index in [0.717, 1.165) is 22.6 Å². The molecular formula is C20H25N3O2S. The van der Waals surface area contributed by atoms with E-state index >= 15 is 0 Å². The van der Waals surface area contributed by atoms with Gasteiger partial charge in [-0.05, 0) is 27.2 Å². The highest BCUT2D eigenvalue weighted by Crippen LogP contribution is 2.32. The number of anilines is 1. The van der Waals surface area contributed by atoms with Crippen LogP contribution in [-0.4, -0.2) is 33.8 Å². The van der Waals surface area contributed by atoms with E-state index in [1.54, 1.807) is 4.90 Å². The number of carbonyl (C=O) groups excluding carboxylic acids is 2. The standard InChI is InChI=1S/C20H25N3O2S/c1-5-15-17(13-9-7-6-8-10-13)21-19(26-15)22-18(25)14-11-16(24)23(12-14)20(2,3)4/h6-10,14H,5,11-12H2,1-4H3,(H,21,22,25)/t14-/m1/s1. The molecule has 0 saturated carbocycles. The monoisotopic (exact) mass is 371 g/mol. The van der Waals surface area contributed by atoms with Gasteiger partial charge in [0.25, 0.3) is 0 Å². The topological polar surface area (TPSA) is 62.3 Å². The van der Waals surface area contributed by atoms with Crippen LogP contribution in [0, 0.1) is 5.92 Å². The van der Waals surface area contributed by atoms with Gasteiger partial charge in [0.15, 0.2) is 5.13 Å². The average Bonchev–Trinajstić information content (AvgIpc) is 3.18. The van der Waals surface area contributed by atoms with Crippen molar-refractivity contribution in [1.82, 2.24) is 9.88 Å². The summed E-state index contributed by atoms with van der Waals surface area (Å²) in [5, 5.41) is 3.53. The number of carbonyl (C=O) groups is 2. The number of hydrogen-bond donors (Lipinski definition) is 1. The summed E-state index contributed by atoms with van der Waals surface area (Å²) in [5.41, 5.74) is 1.71. The first kappa shape index (κ1) is 18.6. The van der Waals surface area contributed by atoms with Crippen LogP contribution in [0.5, 0.6) is 0 Å². The van der Waals surface area contributed by atoms with Crippen molar-refractivity contribution in [3.05, 3.63) is 35.2 Å². The number of amides is 2. The Labute approximate surface area is 158 Å². The first-order chi connectivity index (χ1) is 12.3. The highest BCUT2D eigenvalue weighted by Gasteiger charge is 2.39. The number of hydrogen-bond acceptors (Lipinski definition) is 4. The van der Waals surface area contributed by atoms with Crippen LogP contribution in [0.15, 0.2) is 30.3 Å². The lowest BCUT2D eigenvalue weighted by atomic mass is 10.1. The van der Waals surface area contributed by atoms with E-state index in [2.05, 4.69) is 17.2 Å². The van der Waals surface area contributed by atoms with Crippen LogP contribution in [0.25, 0.3) is 11.3 Å². The van der Waals surface area contributed by atoms with Crippen LogP contribution in [0.4, 0.5) is 5.13 Å². The third kappa shape index (κ3) is 3.80. The Hall–Kier alpha value is -2.21. The minimum Gasteiger partial charge on any atom is -0.337 e. The molecule has 2 heterocycles. The van der Waals surface area contributed by atoms with E-state index < -0.39 is 0 Å². The quantitative estimate of drug-likeness (QED) is 0.885. The zero-order valence-electron chi connectivity index (χ0n) is 15.7. The van der Waals surface area contributed by atoms with Crippen molar-refractivity contribution in [2.24, 2.45) is 5.92 Å². The molecule has 1 aromatic carbocycles. The molecule has 0 aliphatic carbocycles. The molecule has 138 valence electrons. The third-order valence-electron chi connectivity index (χ3n) is 4.60. The fraction of sp³-hybridized carbons (Fsp3) is 0.450. The molecule has 1 N–H and O–H groups in total. The Bertz CT molecular complexity index is 808. The minimum absolute atomic E-state index is 0.0380. The van der Waals surface area contributed by atoms with Gasteiger partial charge in [0.05, 0.1) is 11.6 Å². The summed E-state index contributed by atoms with van der Waals surface area (Å²) >= 11 is 1.51. The van der Waals surface area contributed by atoms with Crippen molar-refractivity contribution in [2.75, 3.05) is 11.9 Å². The van der Waals surface area contributed by atoms with Crippen LogP contribution >= 0.6 is 11.3 Å². The van der Waals surface area contributed by atoms with Crippen LogP contribution in [-0.2, 0) is 16.0 Å². The fourth-order valence-corrected chi connectivity index (χ4v) is 4.13. The summed E-state index contributed by atoms with van der Waals surface area (Å²) in [5.74, 6) is -0.409. The SMILES string of the molecule is CCc1sc(NC(=O)[C@@H]2CC(=O)N(C(C)(C)C)C2)nc1-c1ccccc1. The second-order valence-corrected chi connectivity index (χ2v) is 8.66. The number of likely N-dealkylation sites (tertiary alicyclic amines) is 1. The van der Waals surface area contributed by atoms with Gasteiger partial charge in [-0.3, -0.25) is 9.59 Å². The summed E-state index contributed by atoms with van der Waals surface area (Å²) in [6.07, 6.45) is 1.12. The highest BCUT2D eigenvalue weighted by molar-refractivity contribution is 7.16. The van der Waals surface area contributed by atoms with E-state index in [0.29, 0.717) is 11.7 Å². The molecule has 1 atom stereocenters. The molecule has 0 bridgehead atoms. The molecule has 3 rings (SSSR count). The van der Waals surface area contributed by atoms with Gasteiger partial charge in [0.1, 0.15) is 0 Å². The lowest BCUT2D eigenvalue weighted by molar-refractivity contribution is -0.131. The summed E-state index contributed by atoms with van der Waals surface area (Å²) in [6, 6.07) is 9.99. The molecule has 1 aliphatic rings. The van der Waals surface area contributed by atoms with Gasteiger partial charge in [-0.25, -0.2) is 4.98 Å². The number of aromatic nitrogens is 1. The molecule has 6 heteroatoms. The largest absolute Gasteiger partial charge is 0.337 e. The van der Waals surface area contributed by atoms with Gasteiger partial charge in [-0.15, -0.1) is 11.3 Å². The fourth-order valence-electron chi connectivity index (χ4n) is 3.21. The third-order valence-corrected chi connectivity index (χ3v) is 5.72. The van der Waals surface area contributed by atoms with Crippen molar-refractivity contribution >= 4 is 28.3 Å². The summed E-state index contributed by atoms with van der Waals surface area (Å²) < 4.78 is 0. The molecule has 1 saturated heterocycles. The van der Waals surface area contributed by atoms with Crippen LogP contribution in [0.2, 0.25) is 0 Å². The summed E-state index contributed by atoms with van der Waals surface area (Å²) in [4.78, 5) is 32.4. The van der Waals surface area contributed by atoms with Gasteiger partial charge in [-0.1, -0.05) is 37.3 Å². The molecular weight excluding hydrogens is 346 g/mol. The average molecular weight is 372 g/mol. The second-order valence-electron chi connectivity index (χ2n) is 7.58. The predicted molar refractivity (Wildman–Crippen MR) is 105 cm³/mol. The maximum absolute atomic E-state index is 12.7.